The quantitative estimate of drug-likeness (QED) is 0.196. The Morgan fingerprint density at radius 2 is 0.773 bits per heavy atom. The van der Waals surface area contributed by atoms with E-state index >= 15 is 0 Å². The Bertz CT molecular complexity index is 2380. The highest BCUT2D eigenvalue weighted by Gasteiger charge is 2.29. The van der Waals surface area contributed by atoms with Gasteiger partial charge in [0.2, 0.25) is 0 Å². The van der Waals surface area contributed by atoms with E-state index in [0.29, 0.717) is 11.8 Å². The first-order valence-corrected chi connectivity index (χ1v) is 17.2. The van der Waals surface area contributed by atoms with Crippen LogP contribution in [0.5, 0.6) is 0 Å². The molecule has 2 aliphatic rings. The summed E-state index contributed by atoms with van der Waals surface area (Å²) in [6.07, 6.45) is 13.6. The highest BCUT2D eigenvalue weighted by molar-refractivity contribution is 6.45. The fraction of sp³-hybridized carbons (Fsp3) is 0.286. The molecular weight excluding hydrogens is 532 g/mol. The summed E-state index contributed by atoms with van der Waals surface area (Å²) >= 11 is 0. The first kappa shape index (κ1) is 24.1. The molecule has 0 atom stereocenters. The van der Waals surface area contributed by atoms with Gasteiger partial charge in [0.1, 0.15) is 0 Å². The van der Waals surface area contributed by atoms with Crippen molar-refractivity contribution in [1.82, 2.24) is 8.80 Å². The maximum absolute atomic E-state index is 2.64. The summed E-state index contributed by atoms with van der Waals surface area (Å²) in [4.78, 5) is 0. The second kappa shape index (κ2) is 8.66. The fourth-order valence-electron chi connectivity index (χ4n) is 9.99. The van der Waals surface area contributed by atoms with E-state index in [0.717, 1.165) is 0 Å². The molecule has 4 aromatic heterocycles. The Labute approximate surface area is 256 Å². The van der Waals surface area contributed by atoms with Crippen LogP contribution in [0.2, 0.25) is 0 Å². The van der Waals surface area contributed by atoms with Crippen LogP contribution in [0.25, 0.3) is 76.2 Å². The van der Waals surface area contributed by atoms with Crippen molar-refractivity contribution in [3.8, 4) is 0 Å². The van der Waals surface area contributed by atoms with Crippen LogP contribution in [0.1, 0.15) is 87.2 Å². The molecule has 0 saturated heterocycles. The second-order valence-corrected chi connectivity index (χ2v) is 14.1. The van der Waals surface area contributed by atoms with E-state index < -0.39 is 0 Å². The van der Waals surface area contributed by atoms with Gasteiger partial charge in [-0.3, -0.25) is 0 Å². The van der Waals surface area contributed by atoms with E-state index in [4.69, 9.17) is 0 Å². The van der Waals surface area contributed by atoms with Gasteiger partial charge in [0, 0.05) is 43.1 Å². The third kappa shape index (κ3) is 2.93. The lowest BCUT2D eigenvalue weighted by Crippen LogP contribution is -2.04. The first-order chi connectivity index (χ1) is 21.9. The van der Waals surface area contributed by atoms with Crippen molar-refractivity contribution in [2.24, 2.45) is 0 Å². The van der Waals surface area contributed by atoms with Crippen molar-refractivity contribution in [3.63, 3.8) is 0 Å². The van der Waals surface area contributed by atoms with Crippen molar-refractivity contribution in [3.05, 3.63) is 96.1 Å². The molecule has 5 aromatic carbocycles. The summed E-state index contributed by atoms with van der Waals surface area (Å²) < 4.78 is 5.27. The standard InChI is InChI=1S/C42H36N2/c1-3-11-25(12-4-1)27-19-21-31-35(23-27)43-33-17-9-7-15-29(33)38-40-32-22-20-28(26-13-5-2-6-14-26)24-36(32)44-34-18-10-8-16-30(34)37(42(40)44)39(31)41(38)43/h7-10,15-26H,1-6,11-14H2. The Morgan fingerprint density at radius 1 is 0.386 bits per heavy atom. The van der Waals surface area contributed by atoms with Gasteiger partial charge < -0.3 is 8.80 Å². The van der Waals surface area contributed by atoms with Crippen LogP contribution in [0, 0.1) is 0 Å². The first-order valence-electron chi connectivity index (χ1n) is 17.2. The van der Waals surface area contributed by atoms with E-state index in [9.17, 15) is 0 Å². The van der Waals surface area contributed by atoms with E-state index in [1.807, 2.05) is 0 Å². The molecule has 0 bridgehead atoms. The summed E-state index contributed by atoms with van der Waals surface area (Å²) in [6.45, 7) is 0. The van der Waals surface area contributed by atoms with Gasteiger partial charge >= 0.3 is 0 Å². The molecular formula is C42H36N2. The molecule has 0 N–H and O–H groups in total. The topological polar surface area (TPSA) is 8.82 Å². The molecule has 2 saturated carbocycles. The second-order valence-electron chi connectivity index (χ2n) is 14.1. The molecule has 0 unspecified atom stereocenters. The molecule has 2 heteroatoms. The van der Waals surface area contributed by atoms with Gasteiger partial charge in [-0.25, -0.2) is 0 Å². The molecule has 44 heavy (non-hydrogen) atoms. The van der Waals surface area contributed by atoms with Crippen LogP contribution in [0.15, 0.2) is 84.9 Å². The summed E-state index contributed by atoms with van der Waals surface area (Å²) in [5, 5.41) is 11.3. The van der Waals surface area contributed by atoms with Gasteiger partial charge in [-0.05, 0) is 72.9 Å². The maximum atomic E-state index is 2.64. The average molecular weight is 569 g/mol. The van der Waals surface area contributed by atoms with Gasteiger partial charge in [-0.15, -0.1) is 0 Å². The lowest BCUT2D eigenvalue weighted by molar-refractivity contribution is 0.444. The lowest BCUT2D eigenvalue weighted by atomic mass is 9.83. The molecule has 214 valence electrons. The SMILES string of the molecule is c1ccc2c(c1)c1c3c4ccc(C5CCCCC5)cc4n4c5ccccc5c(c5c6ccc(C7CCCCC7)cc6n2c15)c34. The van der Waals surface area contributed by atoms with Crippen LogP contribution in [0.4, 0.5) is 0 Å². The number of benzene rings is 5. The Kier molecular flexibility index (Phi) is 4.74. The highest BCUT2D eigenvalue weighted by Crippen LogP contribution is 2.52. The van der Waals surface area contributed by atoms with Gasteiger partial charge in [0.05, 0.1) is 33.1 Å². The van der Waals surface area contributed by atoms with Gasteiger partial charge in [0.25, 0.3) is 0 Å². The summed E-state index contributed by atoms with van der Waals surface area (Å²) in [5.41, 5.74) is 11.4. The molecule has 11 rings (SSSR count). The minimum Gasteiger partial charge on any atom is -0.308 e. The van der Waals surface area contributed by atoms with Gasteiger partial charge in [0.15, 0.2) is 0 Å². The zero-order chi connectivity index (χ0) is 28.5. The maximum Gasteiger partial charge on any atom is 0.0634 e. The van der Waals surface area contributed by atoms with Crippen molar-refractivity contribution < 1.29 is 0 Å². The monoisotopic (exact) mass is 568 g/mol. The zero-order valence-electron chi connectivity index (χ0n) is 25.2. The molecule has 0 aliphatic heterocycles. The predicted molar refractivity (Wildman–Crippen MR) is 187 cm³/mol. The van der Waals surface area contributed by atoms with Crippen molar-refractivity contribution >= 4 is 76.2 Å². The van der Waals surface area contributed by atoms with Crippen LogP contribution in [-0.2, 0) is 0 Å². The Morgan fingerprint density at radius 3 is 1.20 bits per heavy atom. The highest BCUT2D eigenvalue weighted by atomic mass is 14.9. The molecule has 2 aliphatic carbocycles. The Hall–Kier alpha value is -4.30. The number of nitrogens with zero attached hydrogens (tertiary/aromatic N) is 2. The number of aromatic nitrogens is 2. The Balaban J connectivity index is 1.36. The summed E-state index contributed by atoms with van der Waals surface area (Å²) in [7, 11) is 0. The van der Waals surface area contributed by atoms with Gasteiger partial charge in [-0.2, -0.15) is 0 Å². The minimum atomic E-state index is 0.691. The third-order valence-electron chi connectivity index (χ3n) is 11.9. The largest absolute Gasteiger partial charge is 0.308 e. The number of hydrogen-bond donors (Lipinski definition) is 0. The lowest BCUT2D eigenvalue weighted by Gasteiger charge is -2.22. The van der Waals surface area contributed by atoms with E-state index in [-0.39, 0.29) is 0 Å². The molecule has 0 amide bonds. The molecule has 2 nitrogen and oxygen atoms in total. The smallest absolute Gasteiger partial charge is 0.0634 e. The molecule has 4 heterocycles. The molecule has 0 spiro atoms. The molecule has 2 fully saturated rings. The van der Waals surface area contributed by atoms with E-state index in [1.54, 1.807) is 0 Å². The predicted octanol–water partition coefficient (Wildman–Crippen LogP) is 12.1. The molecule has 9 aromatic rings. The van der Waals surface area contributed by atoms with E-state index in [2.05, 4.69) is 93.7 Å². The normalized spacial score (nSPS) is 17.8. The minimum absolute atomic E-state index is 0.691. The van der Waals surface area contributed by atoms with Crippen LogP contribution in [0.3, 0.4) is 0 Å². The van der Waals surface area contributed by atoms with Crippen molar-refractivity contribution in [2.75, 3.05) is 0 Å². The number of para-hydroxylation sites is 2. The third-order valence-corrected chi connectivity index (χ3v) is 11.9. The number of fused-ring (bicyclic) bond motifs is 14. The van der Waals surface area contributed by atoms with Crippen LogP contribution >= 0.6 is 0 Å². The van der Waals surface area contributed by atoms with Crippen molar-refractivity contribution in [1.29, 1.82) is 0 Å². The fourth-order valence-corrected chi connectivity index (χ4v) is 9.99. The number of hydrogen-bond acceptors (Lipinski definition) is 0. The summed E-state index contributed by atoms with van der Waals surface area (Å²) in [5.74, 6) is 1.38. The number of rotatable bonds is 2. The van der Waals surface area contributed by atoms with Crippen LogP contribution < -0.4 is 0 Å². The van der Waals surface area contributed by atoms with E-state index in [1.165, 1.54) is 152 Å². The molecule has 0 radical (unpaired) electrons. The van der Waals surface area contributed by atoms with Crippen molar-refractivity contribution in [2.45, 2.75) is 76.0 Å². The van der Waals surface area contributed by atoms with Crippen LogP contribution in [-0.4, -0.2) is 8.80 Å². The van der Waals surface area contributed by atoms with Gasteiger partial charge in [-0.1, -0.05) is 99.2 Å². The zero-order valence-corrected chi connectivity index (χ0v) is 25.2. The average Bonchev–Trinajstić information content (AvgIpc) is 3.81. The summed E-state index contributed by atoms with van der Waals surface area (Å²) in [6, 6.07) is 33.4.